The van der Waals surface area contributed by atoms with Gasteiger partial charge in [0.25, 0.3) is 0 Å². The summed E-state index contributed by atoms with van der Waals surface area (Å²) in [6.07, 6.45) is 38.0. The number of hydrogen-bond donors (Lipinski definition) is 0. The van der Waals surface area contributed by atoms with E-state index in [9.17, 15) is 14.4 Å². The smallest absolute Gasteiger partial charge is 0.306 e. The molecule has 6 nitrogen and oxygen atoms in total. The van der Waals surface area contributed by atoms with Crippen molar-refractivity contribution < 1.29 is 28.6 Å². The summed E-state index contributed by atoms with van der Waals surface area (Å²) >= 11 is 0. The molecule has 0 amide bonds. The minimum absolute atomic E-state index is 0.0664. The highest BCUT2D eigenvalue weighted by molar-refractivity contribution is 5.71. The van der Waals surface area contributed by atoms with Gasteiger partial charge in [-0.05, 0) is 37.0 Å². The zero-order valence-corrected chi connectivity index (χ0v) is 37.7. The first-order chi connectivity index (χ1) is 26.7. The highest BCUT2D eigenvalue weighted by atomic mass is 16.6. The summed E-state index contributed by atoms with van der Waals surface area (Å²) in [6, 6.07) is 0. The van der Waals surface area contributed by atoms with E-state index in [1.165, 1.54) is 141 Å². The van der Waals surface area contributed by atoms with Crippen molar-refractivity contribution >= 4 is 17.9 Å². The Bertz CT molecular complexity index is 856. The average molecular weight is 779 g/mol. The van der Waals surface area contributed by atoms with Crippen LogP contribution in [0.4, 0.5) is 0 Å². The number of rotatable bonds is 42. The molecule has 6 heteroatoms. The molecule has 0 aromatic carbocycles. The third kappa shape index (κ3) is 40.4. The van der Waals surface area contributed by atoms with Crippen LogP contribution < -0.4 is 0 Å². The number of unbranched alkanes of at least 4 members (excludes halogenated alkanes) is 23. The molecule has 0 aliphatic rings. The van der Waals surface area contributed by atoms with Crippen LogP contribution >= 0.6 is 0 Å². The number of esters is 3. The van der Waals surface area contributed by atoms with Crippen LogP contribution in [-0.4, -0.2) is 37.2 Å². The summed E-state index contributed by atoms with van der Waals surface area (Å²) in [6.45, 7) is 13.7. The maximum atomic E-state index is 12.7. The lowest BCUT2D eigenvalue weighted by Crippen LogP contribution is -2.30. The second-order valence-electron chi connectivity index (χ2n) is 17.7. The summed E-state index contributed by atoms with van der Waals surface area (Å²) in [5, 5.41) is 0. The summed E-state index contributed by atoms with van der Waals surface area (Å²) in [4.78, 5) is 37.8. The van der Waals surface area contributed by atoms with Crippen LogP contribution in [0, 0.1) is 17.8 Å². The molecule has 2 unspecified atom stereocenters. The van der Waals surface area contributed by atoms with Gasteiger partial charge in [0.1, 0.15) is 13.2 Å². The highest BCUT2D eigenvalue weighted by Gasteiger charge is 2.19. The van der Waals surface area contributed by atoms with E-state index in [2.05, 4.69) is 41.5 Å². The topological polar surface area (TPSA) is 78.9 Å². The summed E-state index contributed by atoms with van der Waals surface area (Å²) < 4.78 is 16.7. The van der Waals surface area contributed by atoms with E-state index in [-0.39, 0.29) is 31.1 Å². The molecule has 0 saturated heterocycles. The van der Waals surface area contributed by atoms with Crippen molar-refractivity contribution in [2.75, 3.05) is 13.2 Å². The van der Waals surface area contributed by atoms with Crippen molar-refractivity contribution in [3.05, 3.63) is 0 Å². The molecule has 0 aliphatic carbocycles. The maximum absolute atomic E-state index is 12.7. The second-order valence-corrected chi connectivity index (χ2v) is 17.7. The van der Waals surface area contributed by atoms with E-state index in [1.807, 2.05) is 0 Å². The zero-order chi connectivity index (χ0) is 40.6. The average Bonchev–Trinajstić information content (AvgIpc) is 3.17. The molecule has 0 radical (unpaired) electrons. The van der Waals surface area contributed by atoms with Crippen LogP contribution in [0.3, 0.4) is 0 Å². The van der Waals surface area contributed by atoms with Gasteiger partial charge in [-0.2, -0.15) is 0 Å². The lowest BCUT2D eigenvalue weighted by atomic mass is 9.99. The number of carbonyl (C=O) groups excluding carboxylic acids is 3. The van der Waals surface area contributed by atoms with Crippen LogP contribution in [0.5, 0.6) is 0 Å². The summed E-state index contributed by atoms with van der Waals surface area (Å²) in [5.74, 6) is 1.63. The first-order valence-corrected chi connectivity index (χ1v) is 24.2. The van der Waals surface area contributed by atoms with Crippen LogP contribution in [-0.2, 0) is 28.6 Å². The zero-order valence-electron chi connectivity index (χ0n) is 37.7. The molecular formula is C49H94O6. The largest absolute Gasteiger partial charge is 0.462 e. The van der Waals surface area contributed by atoms with Crippen LogP contribution in [0.15, 0.2) is 0 Å². The molecule has 0 N–H and O–H groups in total. The molecule has 0 spiro atoms. The van der Waals surface area contributed by atoms with Gasteiger partial charge in [-0.25, -0.2) is 0 Å². The second kappa shape index (κ2) is 40.6. The van der Waals surface area contributed by atoms with E-state index < -0.39 is 6.10 Å². The van der Waals surface area contributed by atoms with Crippen molar-refractivity contribution in [1.82, 2.24) is 0 Å². The first-order valence-electron chi connectivity index (χ1n) is 24.2. The summed E-state index contributed by atoms with van der Waals surface area (Å²) in [7, 11) is 0. The molecule has 0 aromatic rings. The van der Waals surface area contributed by atoms with Gasteiger partial charge in [0.05, 0.1) is 0 Å². The van der Waals surface area contributed by atoms with Gasteiger partial charge >= 0.3 is 17.9 Å². The minimum atomic E-state index is -0.763. The van der Waals surface area contributed by atoms with Gasteiger partial charge in [0, 0.05) is 19.3 Å². The van der Waals surface area contributed by atoms with Gasteiger partial charge in [-0.15, -0.1) is 0 Å². The normalized spacial score (nSPS) is 13.1. The molecule has 0 fully saturated rings. The van der Waals surface area contributed by atoms with Gasteiger partial charge < -0.3 is 14.2 Å². The van der Waals surface area contributed by atoms with Crippen molar-refractivity contribution in [3.8, 4) is 0 Å². The lowest BCUT2D eigenvalue weighted by Gasteiger charge is -2.18. The fraction of sp³-hybridized carbons (Fsp3) is 0.939. The Morgan fingerprint density at radius 2 is 0.636 bits per heavy atom. The third-order valence-corrected chi connectivity index (χ3v) is 11.6. The van der Waals surface area contributed by atoms with E-state index in [1.54, 1.807) is 0 Å². The van der Waals surface area contributed by atoms with Gasteiger partial charge in [0.2, 0.25) is 0 Å². The maximum Gasteiger partial charge on any atom is 0.306 e. The number of ether oxygens (including phenoxy) is 3. The Labute approximate surface area is 342 Å². The van der Waals surface area contributed by atoms with Crippen LogP contribution in [0.2, 0.25) is 0 Å². The monoisotopic (exact) mass is 779 g/mol. The molecule has 0 bridgehead atoms. The van der Waals surface area contributed by atoms with Crippen LogP contribution in [0.25, 0.3) is 0 Å². The molecule has 0 aromatic heterocycles. The molecule has 0 saturated carbocycles. The van der Waals surface area contributed by atoms with Crippen molar-refractivity contribution in [3.63, 3.8) is 0 Å². The third-order valence-electron chi connectivity index (χ3n) is 11.6. The highest BCUT2D eigenvalue weighted by Crippen LogP contribution is 2.18. The fourth-order valence-electron chi connectivity index (χ4n) is 7.17. The Morgan fingerprint density at radius 1 is 0.364 bits per heavy atom. The summed E-state index contributed by atoms with van der Waals surface area (Å²) in [5.41, 5.74) is 0. The standard InChI is InChI=1S/C49H94O6/c1-7-44(5)36-30-24-18-15-16-20-27-33-39-48(51)54-42-46(55-49(52)40-34-28-22-21-25-31-37-45(6)8-2)41-53-47(50)38-32-26-19-14-12-10-9-11-13-17-23-29-35-43(3)4/h43-46H,7-42H2,1-6H3/t44?,45?,46-/m1/s1. The predicted octanol–water partition coefficient (Wildman–Crippen LogP) is 15.2. The molecular weight excluding hydrogens is 685 g/mol. The Morgan fingerprint density at radius 3 is 0.945 bits per heavy atom. The van der Waals surface area contributed by atoms with Crippen molar-refractivity contribution in [1.29, 1.82) is 0 Å². The molecule has 0 rings (SSSR count). The van der Waals surface area contributed by atoms with Crippen molar-refractivity contribution in [2.45, 2.75) is 266 Å². The molecule has 0 heterocycles. The molecule has 326 valence electrons. The van der Waals surface area contributed by atoms with E-state index in [0.717, 1.165) is 75.5 Å². The van der Waals surface area contributed by atoms with E-state index in [0.29, 0.717) is 19.3 Å². The Kier molecular flexibility index (Phi) is 39.4. The predicted molar refractivity (Wildman–Crippen MR) is 233 cm³/mol. The van der Waals surface area contributed by atoms with Gasteiger partial charge in [-0.3, -0.25) is 14.4 Å². The number of hydrogen-bond acceptors (Lipinski definition) is 6. The molecule has 0 aliphatic heterocycles. The Hall–Kier alpha value is -1.59. The van der Waals surface area contributed by atoms with Crippen molar-refractivity contribution in [2.24, 2.45) is 17.8 Å². The SMILES string of the molecule is CCC(C)CCCCCCCCCCC(=O)OC[C@@H](COC(=O)CCCCCCCCCCCCCCC(C)C)OC(=O)CCCCCCCCC(C)CC. The molecule has 55 heavy (non-hydrogen) atoms. The van der Waals surface area contributed by atoms with E-state index in [4.69, 9.17) is 14.2 Å². The fourth-order valence-corrected chi connectivity index (χ4v) is 7.17. The quantitative estimate of drug-likeness (QED) is 0.0349. The lowest BCUT2D eigenvalue weighted by molar-refractivity contribution is -0.167. The minimum Gasteiger partial charge on any atom is -0.462 e. The van der Waals surface area contributed by atoms with Gasteiger partial charge in [-0.1, -0.05) is 221 Å². The first kappa shape index (κ1) is 53.4. The number of carbonyl (C=O) groups is 3. The van der Waals surface area contributed by atoms with E-state index >= 15 is 0 Å². The van der Waals surface area contributed by atoms with Gasteiger partial charge in [0.15, 0.2) is 6.10 Å². The van der Waals surface area contributed by atoms with Crippen LogP contribution in [0.1, 0.15) is 260 Å². The molecule has 3 atom stereocenters. The Balaban J connectivity index is 4.32.